The third-order valence-electron chi connectivity index (χ3n) is 3.04. The largest absolute Gasteiger partial charge is 0.491 e. The average Bonchev–Trinajstić information content (AvgIpc) is 2.49. The standard InChI is InChI=1S/C16H27NO3/c1-4-10-17-13(3)14-6-8-16(9-7-14)20-12-15(18)11-19-5-2/h6-9,13,15,17-18H,4-5,10-12H2,1-3H3. The zero-order valence-corrected chi connectivity index (χ0v) is 12.8. The van der Waals surface area contributed by atoms with Crippen molar-refractivity contribution >= 4 is 0 Å². The van der Waals surface area contributed by atoms with Crippen LogP contribution in [0.15, 0.2) is 24.3 Å². The van der Waals surface area contributed by atoms with Crippen molar-refractivity contribution in [1.29, 1.82) is 0 Å². The van der Waals surface area contributed by atoms with Gasteiger partial charge in [-0.1, -0.05) is 19.1 Å². The summed E-state index contributed by atoms with van der Waals surface area (Å²) >= 11 is 0. The summed E-state index contributed by atoms with van der Waals surface area (Å²) in [5.74, 6) is 0.770. The fraction of sp³-hybridized carbons (Fsp3) is 0.625. The van der Waals surface area contributed by atoms with Crippen LogP contribution in [-0.4, -0.2) is 37.6 Å². The van der Waals surface area contributed by atoms with Gasteiger partial charge in [0.1, 0.15) is 18.5 Å². The van der Waals surface area contributed by atoms with E-state index in [2.05, 4.69) is 31.3 Å². The molecule has 0 bridgehead atoms. The van der Waals surface area contributed by atoms with E-state index in [-0.39, 0.29) is 6.61 Å². The van der Waals surface area contributed by atoms with Gasteiger partial charge in [-0.15, -0.1) is 0 Å². The van der Waals surface area contributed by atoms with E-state index in [4.69, 9.17) is 9.47 Å². The van der Waals surface area contributed by atoms with Crippen molar-refractivity contribution in [2.45, 2.75) is 39.3 Å². The van der Waals surface area contributed by atoms with E-state index >= 15 is 0 Å². The molecule has 1 aromatic rings. The Balaban J connectivity index is 2.38. The molecule has 0 aliphatic rings. The predicted molar refractivity (Wildman–Crippen MR) is 81.1 cm³/mol. The Labute approximate surface area is 122 Å². The first-order valence-corrected chi connectivity index (χ1v) is 7.39. The van der Waals surface area contributed by atoms with Crippen LogP contribution in [0.5, 0.6) is 5.75 Å². The molecule has 2 atom stereocenters. The molecule has 0 aromatic heterocycles. The quantitative estimate of drug-likeness (QED) is 0.692. The van der Waals surface area contributed by atoms with Gasteiger partial charge in [0.25, 0.3) is 0 Å². The predicted octanol–water partition coefficient (Wildman–Crippen LogP) is 2.52. The van der Waals surface area contributed by atoms with Crippen LogP contribution in [0.2, 0.25) is 0 Å². The molecule has 0 heterocycles. The van der Waals surface area contributed by atoms with E-state index in [1.165, 1.54) is 5.56 Å². The summed E-state index contributed by atoms with van der Waals surface area (Å²) in [4.78, 5) is 0. The molecule has 4 heteroatoms. The molecule has 0 amide bonds. The van der Waals surface area contributed by atoms with Crippen molar-refractivity contribution in [3.63, 3.8) is 0 Å². The highest BCUT2D eigenvalue weighted by atomic mass is 16.5. The molecule has 0 saturated heterocycles. The maximum absolute atomic E-state index is 9.62. The van der Waals surface area contributed by atoms with Crippen molar-refractivity contribution in [2.75, 3.05) is 26.4 Å². The lowest BCUT2D eigenvalue weighted by atomic mass is 10.1. The summed E-state index contributed by atoms with van der Waals surface area (Å²) in [6.45, 7) is 8.40. The minimum absolute atomic E-state index is 0.253. The summed E-state index contributed by atoms with van der Waals surface area (Å²) in [7, 11) is 0. The summed E-state index contributed by atoms with van der Waals surface area (Å²) in [5.41, 5.74) is 1.24. The highest BCUT2D eigenvalue weighted by Gasteiger charge is 2.07. The van der Waals surface area contributed by atoms with Gasteiger partial charge in [0.2, 0.25) is 0 Å². The Kier molecular flexibility index (Phi) is 8.26. The molecular weight excluding hydrogens is 254 g/mol. The van der Waals surface area contributed by atoms with Crippen LogP contribution in [0.4, 0.5) is 0 Å². The van der Waals surface area contributed by atoms with Gasteiger partial charge in [0.05, 0.1) is 6.61 Å². The van der Waals surface area contributed by atoms with Crippen LogP contribution in [-0.2, 0) is 4.74 Å². The highest BCUT2D eigenvalue weighted by Crippen LogP contribution is 2.17. The number of aliphatic hydroxyl groups excluding tert-OH is 1. The summed E-state index contributed by atoms with van der Waals surface area (Å²) in [6.07, 6.45) is 0.545. The fourth-order valence-electron chi connectivity index (χ4n) is 1.83. The van der Waals surface area contributed by atoms with E-state index in [1.54, 1.807) is 0 Å². The first-order valence-electron chi connectivity index (χ1n) is 7.39. The van der Waals surface area contributed by atoms with Gasteiger partial charge in [-0.25, -0.2) is 0 Å². The Morgan fingerprint density at radius 3 is 2.45 bits per heavy atom. The molecule has 0 saturated carbocycles. The van der Waals surface area contributed by atoms with Crippen molar-refractivity contribution in [2.24, 2.45) is 0 Å². The minimum atomic E-state index is -0.584. The third-order valence-corrected chi connectivity index (χ3v) is 3.04. The molecule has 114 valence electrons. The summed E-state index contributed by atoms with van der Waals surface area (Å²) < 4.78 is 10.7. The van der Waals surface area contributed by atoms with Gasteiger partial charge in [0.15, 0.2) is 0 Å². The zero-order chi connectivity index (χ0) is 14.8. The monoisotopic (exact) mass is 281 g/mol. The van der Waals surface area contributed by atoms with Crippen LogP contribution in [0.3, 0.4) is 0 Å². The molecule has 0 radical (unpaired) electrons. The Morgan fingerprint density at radius 1 is 1.15 bits per heavy atom. The summed E-state index contributed by atoms with van der Waals surface area (Å²) in [6, 6.07) is 8.32. The molecule has 2 unspecified atom stereocenters. The number of hydrogen-bond donors (Lipinski definition) is 2. The zero-order valence-electron chi connectivity index (χ0n) is 12.8. The third kappa shape index (κ3) is 6.37. The Hall–Kier alpha value is -1.10. The van der Waals surface area contributed by atoms with E-state index in [0.717, 1.165) is 18.7 Å². The fourth-order valence-corrected chi connectivity index (χ4v) is 1.83. The van der Waals surface area contributed by atoms with Gasteiger partial charge in [-0.05, 0) is 44.5 Å². The van der Waals surface area contributed by atoms with Crippen LogP contribution in [0.25, 0.3) is 0 Å². The molecule has 20 heavy (non-hydrogen) atoms. The lowest BCUT2D eigenvalue weighted by Gasteiger charge is -2.15. The van der Waals surface area contributed by atoms with Gasteiger partial charge in [-0.3, -0.25) is 0 Å². The molecular formula is C16H27NO3. The van der Waals surface area contributed by atoms with E-state index in [1.807, 2.05) is 19.1 Å². The molecule has 1 aromatic carbocycles. The second kappa shape index (κ2) is 9.75. The van der Waals surface area contributed by atoms with Gasteiger partial charge >= 0.3 is 0 Å². The molecule has 1 rings (SSSR count). The first kappa shape index (κ1) is 17.0. The number of aliphatic hydroxyl groups is 1. The second-order valence-electron chi connectivity index (χ2n) is 4.87. The van der Waals surface area contributed by atoms with E-state index < -0.39 is 6.10 Å². The lowest BCUT2D eigenvalue weighted by Crippen LogP contribution is -2.23. The summed E-state index contributed by atoms with van der Waals surface area (Å²) in [5, 5.41) is 13.1. The average molecular weight is 281 g/mol. The maximum atomic E-state index is 9.62. The van der Waals surface area contributed by atoms with Crippen molar-refractivity contribution in [1.82, 2.24) is 5.32 Å². The topological polar surface area (TPSA) is 50.7 Å². The van der Waals surface area contributed by atoms with Crippen molar-refractivity contribution < 1.29 is 14.6 Å². The number of rotatable bonds is 10. The number of hydrogen-bond acceptors (Lipinski definition) is 4. The number of benzene rings is 1. The minimum Gasteiger partial charge on any atom is -0.491 e. The molecule has 2 N–H and O–H groups in total. The molecule has 0 spiro atoms. The van der Waals surface area contributed by atoms with Gasteiger partial charge in [-0.2, -0.15) is 0 Å². The van der Waals surface area contributed by atoms with E-state index in [9.17, 15) is 5.11 Å². The molecule has 4 nitrogen and oxygen atoms in total. The maximum Gasteiger partial charge on any atom is 0.119 e. The van der Waals surface area contributed by atoms with Crippen molar-refractivity contribution in [3.8, 4) is 5.75 Å². The second-order valence-corrected chi connectivity index (χ2v) is 4.87. The SMILES string of the molecule is CCCNC(C)c1ccc(OCC(O)COCC)cc1. The molecule has 0 aliphatic carbocycles. The van der Waals surface area contributed by atoms with Crippen LogP contribution < -0.4 is 10.1 Å². The molecule has 0 fully saturated rings. The van der Waals surface area contributed by atoms with E-state index in [0.29, 0.717) is 19.3 Å². The lowest BCUT2D eigenvalue weighted by molar-refractivity contribution is 0.0164. The van der Waals surface area contributed by atoms with Gasteiger partial charge < -0.3 is 19.9 Å². The highest BCUT2D eigenvalue weighted by molar-refractivity contribution is 5.28. The van der Waals surface area contributed by atoms with Crippen molar-refractivity contribution in [3.05, 3.63) is 29.8 Å². The van der Waals surface area contributed by atoms with Crippen LogP contribution in [0.1, 0.15) is 38.8 Å². The van der Waals surface area contributed by atoms with Gasteiger partial charge in [0, 0.05) is 12.6 Å². The first-order chi connectivity index (χ1) is 9.67. The normalized spacial score (nSPS) is 14.0. The number of nitrogens with one attached hydrogen (secondary N) is 1. The van der Waals surface area contributed by atoms with Crippen LogP contribution >= 0.6 is 0 Å². The number of ether oxygens (including phenoxy) is 2. The van der Waals surface area contributed by atoms with Crippen LogP contribution in [0, 0.1) is 0 Å². The Morgan fingerprint density at radius 2 is 1.85 bits per heavy atom. The Bertz CT molecular complexity index is 353. The molecule has 0 aliphatic heterocycles. The smallest absolute Gasteiger partial charge is 0.119 e.